The van der Waals surface area contributed by atoms with Crippen molar-refractivity contribution in [1.82, 2.24) is 4.31 Å². The number of nitrogens with zero attached hydrogens (tertiary/aromatic N) is 1. The Morgan fingerprint density at radius 3 is 2.55 bits per heavy atom. The monoisotopic (exact) mass is 294 g/mol. The van der Waals surface area contributed by atoms with Gasteiger partial charge in [-0.25, -0.2) is 8.42 Å². The Bertz CT molecular complexity index is 576. The largest absolute Gasteiger partial charge is 0.330 e. The molecule has 1 aromatic rings. The first-order valence-corrected chi connectivity index (χ1v) is 8.43. The molecule has 0 amide bonds. The van der Waals surface area contributed by atoms with Gasteiger partial charge in [0.05, 0.1) is 4.90 Å². The van der Waals surface area contributed by atoms with E-state index in [1.165, 1.54) is 0 Å². The van der Waals surface area contributed by atoms with Crippen LogP contribution in [-0.2, 0) is 16.4 Å². The van der Waals surface area contributed by atoms with Crippen LogP contribution in [0.4, 0.5) is 0 Å². The molecule has 0 aliphatic carbocycles. The Balaban J connectivity index is 2.15. The van der Waals surface area contributed by atoms with Crippen molar-refractivity contribution in [2.45, 2.75) is 31.1 Å². The Hall–Kier alpha value is -1.17. The Labute approximate surface area is 121 Å². The van der Waals surface area contributed by atoms with E-state index in [0.29, 0.717) is 24.5 Å². The molecule has 110 valence electrons. The summed E-state index contributed by atoms with van der Waals surface area (Å²) in [5.41, 5.74) is 7.72. The van der Waals surface area contributed by atoms with Crippen LogP contribution in [0.25, 0.3) is 0 Å². The maximum atomic E-state index is 12.5. The van der Waals surface area contributed by atoms with E-state index in [0.717, 1.165) is 30.4 Å². The average molecular weight is 294 g/mol. The molecule has 1 aliphatic heterocycles. The zero-order valence-electron chi connectivity index (χ0n) is 11.9. The number of sulfonamides is 1. The molecule has 2 rings (SSSR count). The Morgan fingerprint density at radius 2 is 1.95 bits per heavy atom. The van der Waals surface area contributed by atoms with Crippen molar-refractivity contribution in [1.29, 1.82) is 0 Å². The molecule has 1 heterocycles. The molecule has 0 atom stereocenters. The van der Waals surface area contributed by atoms with Gasteiger partial charge in [0.15, 0.2) is 0 Å². The van der Waals surface area contributed by atoms with E-state index in [9.17, 15) is 8.42 Å². The minimum absolute atomic E-state index is 0.378. The molecule has 5 heteroatoms. The van der Waals surface area contributed by atoms with Gasteiger partial charge in [0.25, 0.3) is 0 Å². The maximum absolute atomic E-state index is 12.5. The third-order valence-corrected chi connectivity index (χ3v) is 5.39. The molecule has 0 fully saturated rings. The van der Waals surface area contributed by atoms with Gasteiger partial charge in [-0.15, -0.1) is 0 Å². The molecule has 4 nitrogen and oxygen atoms in total. The quantitative estimate of drug-likeness (QED) is 0.844. The second-order valence-corrected chi connectivity index (χ2v) is 7.15. The van der Waals surface area contributed by atoms with Crippen LogP contribution >= 0.6 is 0 Å². The van der Waals surface area contributed by atoms with Crippen molar-refractivity contribution in [3.05, 3.63) is 41.5 Å². The highest BCUT2D eigenvalue weighted by atomic mass is 32.2. The van der Waals surface area contributed by atoms with Crippen LogP contribution in [0.1, 0.15) is 25.3 Å². The smallest absolute Gasteiger partial charge is 0.243 e. The second-order valence-electron chi connectivity index (χ2n) is 5.21. The molecule has 0 bridgehead atoms. The van der Waals surface area contributed by atoms with Crippen LogP contribution < -0.4 is 5.73 Å². The number of benzene rings is 1. The summed E-state index contributed by atoms with van der Waals surface area (Å²) in [6.07, 6.45) is 4.70. The molecule has 0 saturated carbocycles. The van der Waals surface area contributed by atoms with Gasteiger partial charge >= 0.3 is 0 Å². The van der Waals surface area contributed by atoms with Crippen LogP contribution in [0.3, 0.4) is 0 Å². The summed E-state index contributed by atoms with van der Waals surface area (Å²) < 4.78 is 26.6. The van der Waals surface area contributed by atoms with Crippen LogP contribution in [0.2, 0.25) is 0 Å². The maximum Gasteiger partial charge on any atom is 0.243 e. The summed E-state index contributed by atoms with van der Waals surface area (Å²) in [4.78, 5) is 0.378. The lowest BCUT2D eigenvalue weighted by Gasteiger charge is -2.25. The molecule has 0 spiro atoms. The highest BCUT2D eigenvalue weighted by Gasteiger charge is 2.25. The SMILES string of the molecule is CC1=CCCN(S(=O)(=O)c2ccc(CCCN)cc2)C1. The first-order valence-electron chi connectivity index (χ1n) is 6.99. The predicted molar refractivity (Wildman–Crippen MR) is 81.0 cm³/mol. The minimum Gasteiger partial charge on any atom is -0.330 e. The number of aryl methyl sites for hydroxylation is 1. The van der Waals surface area contributed by atoms with Crippen molar-refractivity contribution in [3.8, 4) is 0 Å². The lowest BCUT2D eigenvalue weighted by Crippen LogP contribution is -2.35. The first kappa shape index (κ1) is 15.2. The molecule has 1 aliphatic rings. The van der Waals surface area contributed by atoms with Gasteiger partial charge in [-0.2, -0.15) is 4.31 Å². The van der Waals surface area contributed by atoms with Gasteiger partial charge in [-0.1, -0.05) is 23.8 Å². The van der Waals surface area contributed by atoms with E-state index in [1.807, 2.05) is 19.1 Å². The zero-order valence-corrected chi connectivity index (χ0v) is 12.7. The average Bonchev–Trinajstić information content (AvgIpc) is 2.45. The van der Waals surface area contributed by atoms with Gasteiger partial charge < -0.3 is 5.73 Å². The molecular weight excluding hydrogens is 272 g/mol. The van der Waals surface area contributed by atoms with E-state index >= 15 is 0 Å². The highest BCUT2D eigenvalue weighted by molar-refractivity contribution is 7.89. The van der Waals surface area contributed by atoms with E-state index < -0.39 is 10.0 Å². The molecule has 0 unspecified atom stereocenters. The predicted octanol–water partition coefficient (Wildman–Crippen LogP) is 1.92. The topological polar surface area (TPSA) is 63.4 Å². The highest BCUT2D eigenvalue weighted by Crippen LogP contribution is 2.21. The molecular formula is C15H22N2O2S. The normalized spacial score (nSPS) is 17.0. The summed E-state index contributed by atoms with van der Waals surface area (Å²) in [5, 5.41) is 0. The fourth-order valence-corrected chi connectivity index (χ4v) is 3.86. The fraction of sp³-hybridized carbons (Fsp3) is 0.467. The Kier molecular flexibility index (Phi) is 4.96. The van der Waals surface area contributed by atoms with Gasteiger partial charge in [-0.3, -0.25) is 0 Å². The number of hydrogen-bond acceptors (Lipinski definition) is 3. The molecule has 0 radical (unpaired) electrons. The van der Waals surface area contributed by atoms with Crippen LogP contribution in [-0.4, -0.2) is 32.4 Å². The standard InChI is InChI=1S/C15H22N2O2S/c1-13-4-3-11-17(12-13)20(18,19)15-8-6-14(7-9-15)5-2-10-16/h4,6-9H,2-3,5,10-12,16H2,1H3. The van der Waals surface area contributed by atoms with Crippen molar-refractivity contribution in [2.24, 2.45) is 5.73 Å². The van der Waals surface area contributed by atoms with Crippen molar-refractivity contribution in [3.63, 3.8) is 0 Å². The third-order valence-electron chi connectivity index (χ3n) is 3.53. The van der Waals surface area contributed by atoms with E-state index in [4.69, 9.17) is 5.73 Å². The van der Waals surface area contributed by atoms with Crippen LogP contribution in [0.15, 0.2) is 40.8 Å². The van der Waals surface area contributed by atoms with Gasteiger partial charge in [0, 0.05) is 13.1 Å². The molecule has 0 saturated heterocycles. The summed E-state index contributed by atoms with van der Waals surface area (Å²) in [6.45, 7) is 3.68. The molecule has 0 aromatic heterocycles. The van der Waals surface area contributed by atoms with E-state index in [2.05, 4.69) is 6.08 Å². The van der Waals surface area contributed by atoms with E-state index in [1.54, 1.807) is 16.4 Å². The number of nitrogens with two attached hydrogens (primary N) is 1. The first-order chi connectivity index (χ1) is 9.54. The minimum atomic E-state index is -3.36. The molecule has 2 N–H and O–H groups in total. The summed E-state index contributed by atoms with van der Waals surface area (Å²) in [5.74, 6) is 0. The zero-order chi connectivity index (χ0) is 14.6. The lowest BCUT2D eigenvalue weighted by atomic mass is 10.1. The lowest BCUT2D eigenvalue weighted by molar-refractivity contribution is 0.428. The Morgan fingerprint density at radius 1 is 1.25 bits per heavy atom. The van der Waals surface area contributed by atoms with Crippen molar-refractivity contribution in [2.75, 3.05) is 19.6 Å². The van der Waals surface area contributed by atoms with Crippen molar-refractivity contribution < 1.29 is 8.42 Å². The third kappa shape index (κ3) is 3.48. The van der Waals surface area contributed by atoms with Crippen LogP contribution in [0, 0.1) is 0 Å². The fourth-order valence-electron chi connectivity index (χ4n) is 2.37. The number of rotatable bonds is 5. The summed E-state index contributed by atoms with van der Waals surface area (Å²) in [7, 11) is -3.36. The summed E-state index contributed by atoms with van der Waals surface area (Å²) in [6, 6.07) is 7.17. The summed E-state index contributed by atoms with van der Waals surface area (Å²) >= 11 is 0. The molecule has 1 aromatic carbocycles. The number of hydrogen-bond donors (Lipinski definition) is 1. The van der Waals surface area contributed by atoms with Gasteiger partial charge in [0.2, 0.25) is 10.0 Å². The second kappa shape index (κ2) is 6.52. The molecule has 20 heavy (non-hydrogen) atoms. The van der Waals surface area contributed by atoms with Gasteiger partial charge in [0.1, 0.15) is 0 Å². The van der Waals surface area contributed by atoms with Crippen LogP contribution in [0.5, 0.6) is 0 Å². The van der Waals surface area contributed by atoms with Crippen molar-refractivity contribution >= 4 is 10.0 Å². The van der Waals surface area contributed by atoms with Gasteiger partial charge in [-0.05, 0) is 50.4 Å². The van der Waals surface area contributed by atoms with E-state index in [-0.39, 0.29) is 0 Å².